The maximum Gasteiger partial charge on any atom is 0.273 e. The predicted octanol–water partition coefficient (Wildman–Crippen LogP) is 2.20. The number of hydrogen-bond donors (Lipinski definition) is 2. The first-order valence-corrected chi connectivity index (χ1v) is 9.24. The van der Waals surface area contributed by atoms with Gasteiger partial charge >= 0.3 is 0 Å². The van der Waals surface area contributed by atoms with Crippen molar-refractivity contribution in [2.75, 3.05) is 20.1 Å². The van der Waals surface area contributed by atoms with Crippen molar-refractivity contribution in [3.05, 3.63) is 53.9 Å². The summed E-state index contributed by atoms with van der Waals surface area (Å²) >= 11 is 0. The molecule has 2 amide bonds. The molecule has 0 spiro atoms. The minimum absolute atomic E-state index is 0.0307. The molecule has 0 aliphatic carbocycles. The van der Waals surface area contributed by atoms with E-state index in [2.05, 4.69) is 10.3 Å². The Morgan fingerprint density at radius 2 is 2.11 bits per heavy atom. The highest BCUT2D eigenvalue weighted by Gasteiger charge is 2.39. The lowest BCUT2D eigenvalue weighted by Gasteiger charge is -2.39. The van der Waals surface area contributed by atoms with Crippen LogP contribution in [0, 0.1) is 5.41 Å². The van der Waals surface area contributed by atoms with Gasteiger partial charge < -0.3 is 16.0 Å². The molecule has 6 heteroatoms. The number of carbonyl (C=O) groups is 2. The van der Waals surface area contributed by atoms with E-state index in [1.165, 1.54) is 0 Å². The smallest absolute Gasteiger partial charge is 0.273 e. The van der Waals surface area contributed by atoms with Crippen LogP contribution >= 0.6 is 0 Å². The zero-order valence-corrected chi connectivity index (χ0v) is 15.9. The second-order valence-corrected chi connectivity index (χ2v) is 7.27. The molecule has 1 aliphatic rings. The minimum Gasteiger partial charge on any atom is -0.359 e. The Labute approximate surface area is 159 Å². The van der Waals surface area contributed by atoms with Gasteiger partial charge in [0.05, 0.1) is 5.41 Å². The normalized spacial score (nSPS) is 19.6. The fraction of sp³-hybridized carbons (Fsp3) is 0.381. The van der Waals surface area contributed by atoms with Crippen LogP contribution in [-0.2, 0) is 11.3 Å². The molecule has 0 radical (unpaired) electrons. The summed E-state index contributed by atoms with van der Waals surface area (Å²) in [6.07, 6.45) is 3.19. The Morgan fingerprint density at radius 3 is 2.85 bits per heavy atom. The number of nitrogens with zero attached hydrogens (tertiary/aromatic N) is 2. The van der Waals surface area contributed by atoms with Crippen LogP contribution in [0.5, 0.6) is 0 Å². The van der Waals surface area contributed by atoms with Gasteiger partial charge in [-0.1, -0.05) is 24.3 Å². The third-order valence-corrected chi connectivity index (χ3v) is 5.24. The number of pyridine rings is 1. The molecule has 0 unspecified atom stereocenters. The Bertz CT molecular complexity index is 852. The molecule has 6 nitrogen and oxygen atoms in total. The number of carbonyl (C=O) groups excluding carboxylic acids is 2. The molecule has 1 saturated heterocycles. The van der Waals surface area contributed by atoms with Crippen molar-refractivity contribution in [2.24, 2.45) is 11.1 Å². The number of rotatable bonds is 4. The fourth-order valence-corrected chi connectivity index (χ4v) is 3.72. The average Bonchev–Trinajstić information content (AvgIpc) is 2.72. The van der Waals surface area contributed by atoms with Crippen molar-refractivity contribution in [1.82, 2.24) is 15.2 Å². The number of amides is 2. The van der Waals surface area contributed by atoms with Gasteiger partial charge in [0.25, 0.3) is 5.91 Å². The van der Waals surface area contributed by atoms with E-state index in [-0.39, 0.29) is 11.8 Å². The lowest BCUT2D eigenvalue weighted by Crippen LogP contribution is -2.51. The molecule has 1 aliphatic heterocycles. The molecule has 142 valence electrons. The second-order valence-electron chi connectivity index (χ2n) is 7.27. The Balaban J connectivity index is 1.93. The number of aromatic nitrogens is 1. The van der Waals surface area contributed by atoms with Gasteiger partial charge in [-0.15, -0.1) is 0 Å². The number of piperidine rings is 1. The topological polar surface area (TPSA) is 88.3 Å². The van der Waals surface area contributed by atoms with Crippen LogP contribution in [0.15, 0.2) is 42.6 Å². The number of nitrogens with one attached hydrogen (secondary N) is 1. The van der Waals surface area contributed by atoms with Crippen LogP contribution in [0.4, 0.5) is 0 Å². The molecule has 2 aromatic rings. The Kier molecular flexibility index (Phi) is 5.56. The van der Waals surface area contributed by atoms with E-state index >= 15 is 0 Å². The van der Waals surface area contributed by atoms with Crippen molar-refractivity contribution >= 4 is 11.8 Å². The van der Waals surface area contributed by atoms with Crippen molar-refractivity contribution in [3.63, 3.8) is 0 Å². The summed E-state index contributed by atoms with van der Waals surface area (Å²) in [5.74, 6) is -0.171. The largest absolute Gasteiger partial charge is 0.359 e. The summed E-state index contributed by atoms with van der Waals surface area (Å²) < 4.78 is 0. The standard InChI is InChI=1S/C21H26N4O2/c1-21(20(27)23-2)9-5-11-25(14-21)19(26)18-17(8-4-10-24-18)16-7-3-6-15(12-16)13-22/h3-4,6-8,10,12H,5,9,11,13-14,22H2,1-2H3,(H,23,27)/t21-/m1/s1. The van der Waals surface area contributed by atoms with E-state index in [1.807, 2.05) is 43.3 Å². The maximum atomic E-state index is 13.3. The average molecular weight is 366 g/mol. The first-order valence-electron chi connectivity index (χ1n) is 9.24. The van der Waals surface area contributed by atoms with Crippen LogP contribution in [0.25, 0.3) is 11.1 Å². The van der Waals surface area contributed by atoms with E-state index in [0.717, 1.165) is 29.5 Å². The zero-order valence-electron chi connectivity index (χ0n) is 15.9. The quantitative estimate of drug-likeness (QED) is 0.868. The molecular formula is C21H26N4O2. The molecule has 0 bridgehead atoms. The molecule has 1 atom stereocenters. The summed E-state index contributed by atoms with van der Waals surface area (Å²) in [4.78, 5) is 31.7. The second kappa shape index (κ2) is 7.88. The monoisotopic (exact) mass is 366 g/mol. The van der Waals surface area contributed by atoms with Crippen molar-refractivity contribution in [1.29, 1.82) is 0 Å². The number of likely N-dealkylation sites (tertiary alicyclic amines) is 1. The summed E-state index contributed by atoms with van der Waals surface area (Å²) in [5, 5.41) is 2.72. The van der Waals surface area contributed by atoms with E-state index in [9.17, 15) is 9.59 Å². The third-order valence-electron chi connectivity index (χ3n) is 5.24. The van der Waals surface area contributed by atoms with Crippen LogP contribution in [0.1, 0.15) is 35.8 Å². The lowest BCUT2D eigenvalue weighted by molar-refractivity contribution is -0.132. The lowest BCUT2D eigenvalue weighted by atomic mass is 9.81. The van der Waals surface area contributed by atoms with Crippen LogP contribution in [-0.4, -0.2) is 41.8 Å². The van der Waals surface area contributed by atoms with Crippen LogP contribution in [0.3, 0.4) is 0 Å². The van der Waals surface area contributed by atoms with E-state index in [4.69, 9.17) is 5.73 Å². The summed E-state index contributed by atoms with van der Waals surface area (Å²) in [6, 6.07) is 11.6. The van der Waals surface area contributed by atoms with Gasteiger partial charge in [0, 0.05) is 38.4 Å². The van der Waals surface area contributed by atoms with E-state index < -0.39 is 5.41 Å². The Morgan fingerprint density at radius 1 is 1.30 bits per heavy atom. The predicted molar refractivity (Wildman–Crippen MR) is 105 cm³/mol. The zero-order chi connectivity index (χ0) is 19.4. The van der Waals surface area contributed by atoms with Gasteiger partial charge in [-0.25, -0.2) is 0 Å². The summed E-state index contributed by atoms with van der Waals surface area (Å²) in [7, 11) is 1.63. The molecule has 2 heterocycles. The molecular weight excluding hydrogens is 340 g/mol. The number of hydrogen-bond acceptors (Lipinski definition) is 4. The van der Waals surface area contributed by atoms with Gasteiger partial charge in [0.1, 0.15) is 5.69 Å². The van der Waals surface area contributed by atoms with Crippen molar-refractivity contribution in [2.45, 2.75) is 26.3 Å². The number of nitrogens with two attached hydrogens (primary N) is 1. The first-order chi connectivity index (χ1) is 13.0. The highest BCUT2D eigenvalue weighted by molar-refractivity contribution is 5.99. The van der Waals surface area contributed by atoms with Crippen molar-refractivity contribution in [3.8, 4) is 11.1 Å². The van der Waals surface area contributed by atoms with Crippen LogP contribution in [0.2, 0.25) is 0 Å². The molecule has 27 heavy (non-hydrogen) atoms. The number of benzene rings is 1. The summed E-state index contributed by atoms with van der Waals surface area (Å²) in [5.41, 5.74) is 8.29. The van der Waals surface area contributed by atoms with E-state index in [1.54, 1.807) is 18.1 Å². The van der Waals surface area contributed by atoms with Gasteiger partial charge in [0.15, 0.2) is 0 Å². The minimum atomic E-state index is -0.572. The highest BCUT2D eigenvalue weighted by atomic mass is 16.2. The molecule has 3 N–H and O–H groups in total. The highest BCUT2D eigenvalue weighted by Crippen LogP contribution is 2.31. The summed E-state index contributed by atoms with van der Waals surface area (Å²) in [6.45, 7) is 3.37. The Hall–Kier alpha value is -2.73. The molecule has 1 aromatic heterocycles. The maximum absolute atomic E-state index is 13.3. The van der Waals surface area contributed by atoms with Gasteiger partial charge in [-0.05, 0) is 43.0 Å². The molecule has 0 saturated carbocycles. The van der Waals surface area contributed by atoms with Gasteiger partial charge in [-0.2, -0.15) is 0 Å². The molecule has 1 fully saturated rings. The van der Waals surface area contributed by atoms with Crippen molar-refractivity contribution < 1.29 is 9.59 Å². The van der Waals surface area contributed by atoms with E-state index in [0.29, 0.717) is 25.3 Å². The van der Waals surface area contributed by atoms with Gasteiger partial charge in [0.2, 0.25) is 5.91 Å². The SMILES string of the molecule is CNC(=O)[C@]1(C)CCCN(C(=O)c2ncccc2-c2cccc(CN)c2)C1. The third kappa shape index (κ3) is 3.85. The first kappa shape index (κ1) is 19.0. The molecule has 3 rings (SSSR count). The molecule has 1 aromatic carbocycles. The van der Waals surface area contributed by atoms with Crippen LogP contribution < -0.4 is 11.1 Å². The van der Waals surface area contributed by atoms with Gasteiger partial charge in [-0.3, -0.25) is 14.6 Å². The fourth-order valence-electron chi connectivity index (χ4n) is 3.72.